The Balaban J connectivity index is 1.60. The van der Waals surface area contributed by atoms with Gasteiger partial charge < -0.3 is 20.1 Å². The standard InChI is InChI=1S/C22H21ClN6O2/c1-14(20(25)30)29-13-18(17-5-4-16(23)11-19(17)29)22(31)28-9-7-27(8-10-28)21-15(12-24)3-2-6-26-21/h2-6,11,13-14H,7-10H2,1H3,(H2,25,30). The number of nitrogens with two attached hydrogens (primary N) is 1. The molecule has 2 aromatic heterocycles. The van der Waals surface area contributed by atoms with Gasteiger partial charge in [-0.05, 0) is 31.2 Å². The highest BCUT2D eigenvalue weighted by atomic mass is 35.5. The second kappa shape index (κ2) is 8.28. The Morgan fingerprint density at radius 3 is 2.65 bits per heavy atom. The molecular weight excluding hydrogens is 416 g/mol. The Bertz CT molecular complexity index is 1210. The summed E-state index contributed by atoms with van der Waals surface area (Å²) in [4.78, 5) is 33.2. The zero-order valence-electron chi connectivity index (χ0n) is 17.0. The maximum Gasteiger partial charge on any atom is 0.256 e. The summed E-state index contributed by atoms with van der Waals surface area (Å²) >= 11 is 6.15. The maximum atomic E-state index is 13.3. The van der Waals surface area contributed by atoms with Crippen LogP contribution in [-0.2, 0) is 4.79 Å². The van der Waals surface area contributed by atoms with E-state index in [-0.39, 0.29) is 5.91 Å². The number of nitrogens with zero attached hydrogens (tertiary/aromatic N) is 5. The lowest BCUT2D eigenvalue weighted by atomic mass is 10.1. The third-order valence-electron chi connectivity index (χ3n) is 5.63. The SMILES string of the molecule is CC(C(N)=O)n1cc(C(=O)N2CCN(c3ncccc3C#N)CC2)c2ccc(Cl)cc21. The van der Waals surface area contributed by atoms with Crippen molar-refractivity contribution in [2.45, 2.75) is 13.0 Å². The van der Waals surface area contributed by atoms with E-state index in [1.165, 1.54) is 0 Å². The molecular formula is C22H21ClN6O2. The second-order valence-electron chi connectivity index (χ2n) is 7.46. The molecule has 2 N–H and O–H groups in total. The number of aromatic nitrogens is 2. The maximum absolute atomic E-state index is 13.3. The molecule has 2 amide bonds. The van der Waals surface area contributed by atoms with Crippen LogP contribution < -0.4 is 10.6 Å². The fourth-order valence-electron chi connectivity index (χ4n) is 3.88. The molecule has 8 nitrogen and oxygen atoms in total. The van der Waals surface area contributed by atoms with E-state index in [2.05, 4.69) is 11.1 Å². The van der Waals surface area contributed by atoms with Gasteiger partial charge in [-0.15, -0.1) is 0 Å². The van der Waals surface area contributed by atoms with Crippen molar-refractivity contribution < 1.29 is 9.59 Å². The van der Waals surface area contributed by atoms with Crippen LogP contribution in [0.25, 0.3) is 10.9 Å². The van der Waals surface area contributed by atoms with E-state index in [1.807, 2.05) is 4.90 Å². The first-order chi connectivity index (χ1) is 14.9. The zero-order valence-corrected chi connectivity index (χ0v) is 17.7. The van der Waals surface area contributed by atoms with E-state index in [9.17, 15) is 14.9 Å². The van der Waals surface area contributed by atoms with Gasteiger partial charge in [0, 0.05) is 49.0 Å². The summed E-state index contributed by atoms with van der Waals surface area (Å²) in [5, 5.41) is 10.6. The van der Waals surface area contributed by atoms with E-state index in [0.717, 1.165) is 5.39 Å². The number of pyridine rings is 1. The van der Waals surface area contributed by atoms with E-state index < -0.39 is 11.9 Å². The Labute approximate surface area is 184 Å². The first-order valence-electron chi connectivity index (χ1n) is 9.89. The van der Waals surface area contributed by atoms with Crippen molar-refractivity contribution in [3.05, 3.63) is 58.9 Å². The number of fused-ring (bicyclic) bond motifs is 1. The molecule has 1 saturated heterocycles. The number of primary amides is 1. The molecule has 0 radical (unpaired) electrons. The Morgan fingerprint density at radius 1 is 1.23 bits per heavy atom. The number of carbonyl (C=O) groups excluding carboxylic acids is 2. The fraction of sp³-hybridized carbons (Fsp3) is 0.273. The van der Waals surface area contributed by atoms with Crippen LogP contribution in [0.3, 0.4) is 0 Å². The van der Waals surface area contributed by atoms with Crippen LogP contribution in [0.15, 0.2) is 42.7 Å². The van der Waals surface area contributed by atoms with Crippen molar-refractivity contribution in [2.24, 2.45) is 5.73 Å². The largest absolute Gasteiger partial charge is 0.368 e. The van der Waals surface area contributed by atoms with Gasteiger partial charge in [-0.1, -0.05) is 17.7 Å². The minimum Gasteiger partial charge on any atom is -0.368 e. The first kappa shape index (κ1) is 20.7. The molecule has 4 rings (SSSR count). The minimum absolute atomic E-state index is 0.121. The molecule has 0 bridgehead atoms. The average molecular weight is 437 g/mol. The monoisotopic (exact) mass is 436 g/mol. The zero-order chi connectivity index (χ0) is 22.1. The van der Waals surface area contributed by atoms with Gasteiger partial charge in [0.25, 0.3) is 5.91 Å². The summed E-state index contributed by atoms with van der Waals surface area (Å²) in [5.74, 6) is 0.0238. The van der Waals surface area contributed by atoms with E-state index in [1.54, 1.807) is 59.1 Å². The summed E-state index contributed by atoms with van der Waals surface area (Å²) < 4.78 is 1.69. The molecule has 0 spiro atoms. The molecule has 31 heavy (non-hydrogen) atoms. The molecule has 1 aliphatic heterocycles. The predicted octanol–water partition coefficient (Wildman–Crippen LogP) is 2.57. The molecule has 1 fully saturated rings. The van der Waals surface area contributed by atoms with Gasteiger partial charge in [-0.25, -0.2) is 4.98 Å². The number of benzene rings is 1. The van der Waals surface area contributed by atoms with Crippen LogP contribution in [0.4, 0.5) is 5.82 Å². The molecule has 1 atom stereocenters. The van der Waals surface area contributed by atoms with Crippen LogP contribution in [0.1, 0.15) is 28.9 Å². The van der Waals surface area contributed by atoms with Crippen molar-refractivity contribution in [2.75, 3.05) is 31.1 Å². The Hall–Kier alpha value is -3.57. The normalized spacial score (nSPS) is 15.0. The highest BCUT2D eigenvalue weighted by Gasteiger charge is 2.27. The molecule has 1 unspecified atom stereocenters. The number of rotatable bonds is 4. The predicted molar refractivity (Wildman–Crippen MR) is 118 cm³/mol. The number of piperazine rings is 1. The van der Waals surface area contributed by atoms with Crippen LogP contribution in [0.5, 0.6) is 0 Å². The number of nitriles is 1. The summed E-state index contributed by atoms with van der Waals surface area (Å²) in [5.41, 5.74) is 7.20. The van der Waals surface area contributed by atoms with Gasteiger partial charge in [0.05, 0.1) is 16.6 Å². The van der Waals surface area contributed by atoms with Gasteiger partial charge >= 0.3 is 0 Å². The Kier molecular flexibility index (Phi) is 5.53. The third-order valence-corrected chi connectivity index (χ3v) is 5.86. The van der Waals surface area contributed by atoms with Gasteiger partial charge in [0.1, 0.15) is 17.9 Å². The van der Waals surface area contributed by atoms with Crippen molar-refractivity contribution in [1.29, 1.82) is 5.26 Å². The quantitative estimate of drug-likeness (QED) is 0.676. The van der Waals surface area contributed by atoms with Crippen LogP contribution in [0, 0.1) is 11.3 Å². The van der Waals surface area contributed by atoms with Crippen molar-refractivity contribution in [1.82, 2.24) is 14.5 Å². The molecule has 9 heteroatoms. The summed E-state index contributed by atoms with van der Waals surface area (Å²) in [6.07, 6.45) is 3.34. The fourth-order valence-corrected chi connectivity index (χ4v) is 4.05. The molecule has 0 saturated carbocycles. The minimum atomic E-state index is -0.618. The highest BCUT2D eigenvalue weighted by molar-refractivity contribution is 6.31. The van der Waals surface area contributed by atoms with Gasteiger partial charge in [-0.3, -0.25) is 9.59 Å². The molecule has 0 aliphatic carbocycles. The molecule has 158 valence electrons. The van der Waals surface area contributed by atoms with E-state index in [0.29, 0.717) is 53.7 Å². The number of hydrogen-bond donors (Lipinski definition) is 1. The smallest absolute Gasteiger partial charge is 0.256 e. The number of carbonyl (C=O) groups is 2. The van der Waals surface area contributed by atoms with Gasteiger partial charge in [-0.2, -0.15) is 5.26 Å². The van der Waals surface area contributed by atoms with Gasteiger partial charge in [0.2, 0.25) is 5.91 Å². The number of halogens is 1. The van der Waals surface area contributed by atoms with E-state index >= 15 is 0 Å². The highest BCUT2D eigenvalue weighted by Crippen LogP contribution is 2.29. The van der Waals surface area contributed by atoms with Crippen molar-refractivity contribution in [3.63, 3.8) is 0 Å². The van der Waals surface area contributed by atoms with Crippen LogP contribution in [0.2, 0.25) is 5.02 Å². The summed E-state index contributed by atoms with van der Waals surface area (Å²) in [6.45, 7) is 3.81. The van der Waals surface area contributed by atoms with Crippen molar-refractivity contribution in [3.8, 4) is 6.07 Å². The summed E-state index contributed by atoms with van der Waals surface area (Å²) in [6, 6.07) is 10.3. The topological polar surface area (TPSA) is 108 Å². The molecule has 3 heterocycles. The van der Waals surface area contributed by atoms with Gasteiger partial charge in [0.15, 0.2) is 0 Å². The lowest BCUT2D eigenvalue weighted by Crippen LogP contribution is -2.49. The van der Waals surface area contributed by atoms with E-state index in [4.69, 9.17) is 17.3 Å². The van der Waals surface area contributed by atoms with Crippen molar-refractivity contribution >= 4 is 40.1 Å². The Morgan fingerprint density at radius 2 is 1.97 bits per heavy atom. The number of amides is 2. The first-order valence-corrected chi connectivity index (χ1v) is 10.3. The molecule has 1 aliphatic rings. The number of hydrogen-bond acceptors (Lipinski definition) is 5. The lowest BCUT2D eigenvalue weighted by Gasteiger charge is -2.35. The average Bonchev–Trinajstić information content (AvgIpc) is 3.16. The number of anilines is 1. The van der Waals surface area contributed by atoms with Crippen LogP contribution >= 0.6 is 11.6 Å². The summed E-state index contributed by atoms with van der Waals surface area (Å²) in [7, 11) is 0. The second-order valence-corrected chi connectivity index (χ2v) is 7.89. The third kappa shape index (κ3) is 3.80. The lowest BCUT2D eigenvalue weighted by molar-refractivity contribution is -0.120. The van der Waals surface area contributed by atoms with Crippen LogP contribution in [-0.4, -0.2) is 52.4 Å². The molecule has 1 aromatic carbocycles. The molecule has 3 aromatic rings.